The van der Waals surface area contributed by atoms with Crippen molar-refractivity contribution in [2.24, 2.45) is 5.73 Å². The molecule has 0 bridgehead atoms. The maximum atomic E-state index is 14.1. The monoisotopic (exact) mass is 599 g/mol. The number of carbonyl (C=O) groups excluding carboxylic acids is 2. The smallest absolute Gasteiger partial charge is 0.326 e. The molecule has 1 aromatic heterocycles. The Labute approximate surface area is 250 Å². The van der Waals surface area contributed by atoms with Gasteiger partial charge in [-0.25, -0.2) is 8.42 Å². The van der Waals surface area contributed by atoms with Crippen molar-refractivity contribution in [1.29, 1.82) is 5.41 Å². The summed E-state index contributed by atoms with van der Waals surface area (Å²) < 4.78 is 34.4. The largest absolute Gasteiger partial charge is 0.465 e. The number of esters is 1. The maximum Gasteiger partial charge on any atom is 0.326 e. The molecular weight excluding hydrogens is 566 g/mol. The lowest BCUT2D eigenvalue weighted by Gasteiger charge is -2.31. The van der Waals surface area contributed by atoms with Gasteiger partial charge in [0.1, 0.15) is 12.4 Å². The second-order valence-corrected chi connectivity index (χ2v) is 12.1. The minimum absolute atomic E-state index is 0.00467. The average Bonchev–Trinajstić information content (AvgIpc) is 3.01. The first-order chi connectivity index (χ1) is 20.7. The molecular formula is C32H33N5O5S. The molecule has 0 saturated heterocycles. The van der Waals surface area contributed by atoms with E-state index in [4.69, 9.17) is 15.9 Å². The van der Waals surface area contributed by atoms with Gasteiger partial charge in [-0.15, -0.1) is 0 Å². The van der Waals surface area contributed by atoms with Crippen molar-refractivity contribution >= 4 is 49.9 Å². The Balaban J connectivity index is 1.43. The zero-order chi connectivity index (χ0) is 30.6. The van der Waals surface area contributed by atoms with Gasteiger partial charge >= 0.3 is 5.97 Å². The zero-order valence-corrected chi connectivity index (χ0v) is 24.6. The SMILES string of the molecule is CCOC(=O)CN(c1ccc2c(c1)CCCN2C(=O)CCc1ccc(C(=N)N)cc1)S(=O)(=O)c1cccc2cnccc12. The van der Waals surface area contributed by atoms with Gasteiger partial charge in [-0.1, -0.05) is 36.4 Å². The number of fused-ring (bicyclic) bond motifs is 2. The van der Waals surface area contributed by atoms with Crippen molar-refractivity contribution in [3.05, 3.63) is 95.8 Å². The standard InChI is InChI=1S/C32H33N5O5S/c1-2-42-31(39)21-37(43(40,41)29-7-3-5-25-20-35-17-16-27(25)29)26-13-14-28-24(19-26)6-4-18-36(28)30(38)15-10-22-8-11-23(12-9-22)32(33)34/h3,5,7-9,11-14,16-17,19-20H,2,4,6,10,15,18,21H2,1H3,(H3,33,34). The molecule has 1 aliphatic heterocycles. The molecule has 0 aliphatic carbocycles. The van der Waals surface area contributed by atoms with Gasteiger partial charge in [-0.2, -0.15) is 0 Å². The number of rotatable bonds is 10. The van der Waals surface area contributed by atoms with E-state index in [0.29, 0.717) is 47.8 Å². The number of nitrogens with two attached hydrogens (primary N) is 1. The van der Waals surface area contributed by atoms with Crippen LogP contribution in [-0.2, 0) is 37.2 Å². The van der Waals surface area contributed by atoms with Crippen LogP contribution in [-0.4, -0.2) is 50.8 Å². The lowest BCUT2D eigenvalue weighted by molar-refractivity contribution is -0.141. The lowest BCUT2D eigenvalue weighted by Crippen LogP contribution is -2.38. The summed E-state index contributed by atoms with van der Waals surface area (Å²) >= 11 is 0. The number of amides is 1. The summed E-state index contributed by atoms with van der Waals surface area (Å²) in [5, 5.41) is 8.70. The highest BCUT2D eigenvalue weighted by molar-refractivity contribution is 7.93. The van der Waals surface area contributed by atoms with Gasteiger partial charge in [0.2, 0.25) is 5.91 Å². The topological polar surface area (TPSA) is 147 Å². The molecule has 0 radical (unpaired) electrons. The number of nitrogens with zero attached hydrogens (tertiary/aromatic N) is 3. The third-order valence-corrected chi connectivity index (χ3v) is 9.28. The molecule has 0 atom stereocenters. The van der Waals surface area contributed by atoms with Gasteiger partial charge in [0, 0.05) is 47.4 Å². The molecule has 1 aliphatic rings. The van der Waals surface area contributed by atoms with E-state index in [0.717, 1.165) is 27.5 Å². The Morgan fingerprint density at radius 1 is 1.09 bits per heavy atom. The van der Waals surface area contributed by atoms with E-state index < -0.39 is 22.5 Å². The summed E-state index contributed by atoms with van der Waals surface area (Å²) in [7, 11) is -4.20. The maximum absolute atomic E-state index is 14.1. The van der Waals surface area contributed by atoms with Crippen LogP contribution in [0.4, 0.5) is 11.4 Å². The van der Waals surface area contributed by atoms with E-state index in [9.17, 15) is 18.0 Å². The number of sulfonamides is 1. The first kappa shape index (κ1) is 29.7. The normalized spacial score (nSPS) is 12.9. The number of nitrogen functional groups attached to an aromatic ring is 1. The first-order valence-corrected chi connectivity index (χ1v) is 15.5. The van der Waals surface area contributed by atoms with E-state index in [1.165, 1.54) is 12.3 Å². The molecule has 11 heteroatoms. The Bertz CT molecular complexity index is 1780. The van der Waals surface area contributed by atoms with E-state index in [-0.39, 0.29) is 23.2 Å². The van der Waals surface area contributed by atoms with Crippen LogP contribution in [0.25, 0.3) is 10.8 Å². The molecule has 10 nitrogen and oxygen atoms in total. The molecule has 0 spiro atoms. The van der Waals surface area contributed by atoms with E-state index in [1.54, 1.807) is 66.6 Å². The number of hydrogen-bond acceptors (Lipinski definition) is 7. The number of aromatic nitrogens is 1. The number of hydrogen-bond donors (Lipinski definition) is 2. The zero-order valence-electron chi connectivity index (χ0n) is 23.8. The number of pyridine rings is 1. The number of carbonyl (C=O) groups is 2. The van der Waals surface area contributed by atoms with Crippen LogP contribution in [0.1, 0.15) is 36.5 Å². The second-order valence-electron chi connectivity index (χ2n) is 10.2. The summed E-state index contributed by atoms with van der Waals surface area (Å²) in [5.74, 6) is -0.710. The molecule has 2 heterocycles. The Hall–Kier alpha value is -4.77. The molecule has 0 unspecified atom stereocenters. The molecule has 5 rings (SSSR count). The Morgan fingerprint density at radius 2 is 1.88 bits per heavy atom. The average molecular weight is 600 g/mol. The number of amidine groups is 1. The molecule has 1 amide bonds. The third kappa shape index (κ3) is 6.36. The van der Waals surface area contributed by atoms with E-state index >= 15 is 0 Å². The highest BCUT2D eigenvalue weighted by Crippen LogP contribution is 2.35. The second kappa shape index (κ2) is 12.6. The van der Waals surface area contributed by atoms with Gasteiger partial charge in [-0.05, 0) is 67.6 Å². The minimum Gasteiger partial charge on any atom is -0.465 e. The van der Waals surface area contributed by atoms with E-state index in [2.05, 4.69) is 4.98 Å². The van der Waals surface area contributed by atoms with Crippen LogP contribution in [0.5, 0.6) is 0 Å². The number of ether oxygens (including phenoxy) is 1. The number of benzene rings is 3. The van der Waals surface area contributed by atoms with Crippen LogP contribution < -0.4 is 14.9 Å². The number of anilines is 2. The predicted molar refractivity (Wildman–Crippen MR) is 166 cm³/mol. The summed E-state index contributed by atoms with van der Waals surface area (Å²) in [5.41, 5.74) is 9.01. The van der Waals surface area contributed by atoms with Gasteiger partial charge in [0.15, 0.2) is 0 Å². The molecule has 3 aromatic carbocycles. The molecule has 4 aromatic rings. The van der Waals surface area contributed by atoms with Crippen LogP contribution >= 0.6 is 0 Å². The summed E-state index contributed by atoms with van der Waals surface area (Å²) in [6.07, 6.45) is 5.33. The van der Waals surface area contributed by atoms with Crippen LogP contribution in [0, 0.1) is 5.41 Å². The van der Waals surface area contributed by atoms with Crippen molar-refractivity contribution in [2.45, 2.75) is 37.5 Å². The van der Waals surface area contributed by atoms with E-state index in [1.807, 2.05) is 12.1 Å². The molecule has 222 valence electrons. The lowest BCUT2D eigenvalue weighted by atomic mass is 9.99. The third-order valence-electron chi connectivity index (χ3n) is 7.45. The van der Waals surface area contributed by atoms with Gasteiger partial charge in [0.05, 0.1) is 17.2 Å². The van der Waals surface area contributed by atoms with Gasteiger partial charge < -0.3 is 15.4 Å². The highest BCUT2D eigenvalue weighted by Gasteiger charge is 2.31. The molecule has 0 fully saturated rings. The molecule has 43 heavy (non-hydrogen) atoms. The predicted octanol–water partition coefficient (Wildman–Crippen LogP) is 4.19. The van der Waals surface area contributed by atoms with Gasteiger partial charge in [0.25, 0.3) is 10.0 Å². The highest BCUT2D eigenvalue weighted by atomic mass is 32.2. The number of nitrogens with one attached hydrogen (secondary N) is 1. The van der Waals surface area contributed by atoms with Crippen LogP contribution in [0.2, 0.25) is 0 Å². The van der Waals surface area contributed by atoms with Crippen molar-refractivity contribution in [2.75, 3.05) is 28.9 Å². The fourth-order valence-corrected chi connectivity index (χ4v) is 6.93. The van der Waals surface area contributed by atoms with Crippen molar-refractivity contribution in [3.63, 3.8) is 0 Å². The van der Waals surface area contributed by atoms with Crippen LogP contribution in [0.3, 0.4) is 0 Å². The summed E-state index contributed by atoms with van der Waals surface area (Å²) in [4.78, 5) is 31.8. The van der Waals surface area contributed by atoms with Crippen LogP contribution in [0.15, 0.2) is 84.0 Å². The molecule has 0 saturated carbocycles. The van der Waals surface area contributed by atoms with Crippen molar-refractivity contribution in [3.8, 4) is 0 Å². The minimum atomic E-state index is -4.20. The van der Waals surface area contributed by atoms with Crippen molar-refractivity contribution in [1.82, 2.24) is 4.98 Å². The quantitative estimate of drug-likeness (QED) is 0.158. The Kier molecular flexibility index (Phi) is 8.72. The Morgan fingerprint density at radius 3 is 2.63 bits per heavy atom. The summed E-state index contributed by atoms with van der Waals surface area (Å²) in [6, 6.07) is 19.0. The van der Waals surface area contributed by atoms with Gasteiger partial charge in [-0.3, -0.25) is 24.3 Å². The number of aryl methyl sites for hydroxylation is 2. The fraction of sp³-hybridized carbons (Fsp3) is 0.250. The molecule has 3 N–H and O–H groups in total. The summed E-state index contributed by atoms with van der Waals surface area (Å²) in [6.45, 7) is 1.85. The van der Waals surface area contributed by atoms with Crippen molar-refractivity contribution < 1.29 is 22.7 Å². The fourth-order valence-electron chi connectivity index (χ4n) is 5.31. The first-order valence-electron chi connectivity index (χ1n) is 14.1.